The van der Waals surface area contributed by atoms with Crippen molar-refractivity contribution in [1.82, 2.24) is 5.32 Å². The molecule has 0 spiro atoms. The number of carbonyl (C=O) groups is 3. The quantitative estimate of drug-likeness (QED) is 0.407. The Bertz CT molecular complexity index is 293. The van der Waals surface area contributed by atoms with E-state index in [1.54, 1.807) is 0 Å². The zero-order chi connectivity index (χ0) is 14.0. The Morgan fingerprint density at radius 1 is 1.00 bits per heavy atom. The molecule has 0 bridgehead atoms. The molecule has 104 valence electrons. The fraction of sp³-hybridized carbons (Fsp3) is 0.727. The van der Waals surface area contributed by atoms with Crippen molar-refractivity contribution in [3.05, 3.63) is 0 Å². The van der Waals surface area contributed by atoms with E-state index in [1.807, 2.05) is 0 Å². The molecular formula is C11H20N2O5. The van der Waals surface area contributed by atoms with E-state index in [9.17, 15) is 14.4 Å². The standard InChI is InChI=1S/C11H20N2O5/c12-8(7-10(16)17)11(18)13-6-4-2-1-3-5-9(14)15/h8H,1-7,12H2,(H,13,18)(H,14,15)(H,16,17). The number of hydrogen-bond donors (Lipinski definition) is 4. The van der Waals surface area contributed by atoms with Gasteiger partial charge in [0, 0.05) is 13.0 Å². The van der Waals surface area contributed by atoms with E-state index in [0.29, 0.717) is 13.0 Å². The molecule has 0 heterocycles. The molecule has 1 atom stereocenters. The molecule has 0 saturated heterocycles. The zero-order valence-electron chi connectivity index (χ0n) is 10.2. The average molecular weight is 260 g/mol. The van der Waals surface area contributed by atoms with Crippen LogP contribution in [0.25, 0.3) is 0 Å². The van der Waals surface area contributed by atoms with E-state index in [-0.39, 0.29) is 12.8 Å². The van der Waals surface area contributed by atoms with Gasteiger partial charge in [-0.2, -0.15) is 0 Å². The minimum atomic E-state index is -1.11. The molecule has 7 nitrogen and oxygen atoms in total. The minimum absolute atomic E-state index is 0.163. The molecule has 0 saturated carbocycles. The zero-order valence-corrected chi connectivity index (χ0v) is 10.2. The van der Waals surface area contributed by atoms with Crippen molar-refractivity contribution < 1.29 is 24.6 Å². The average Bonchev–Trinajstić information content (AvgIpc) is 2.26. The molecule has 0 radical (unpaired) electrons. The van der Waals surface area contributed by atoms with Crippen LogP contribution in [0.15, 0.2) is 0 Å². The van der Waals surface area contributed by atoms with Gasteiger partial charge in [0.1, 0.15) is 0 Å². The van der Waals surface area contributed by atoms with Crippen molar-refractivity contribution in [2.24, 2.45) is 5.73 Å². The fourth-order valence-electron chi connectivity index (χ4n) is 1.38. The number of nitrogens with one attached hydrogen (secondary N) is 1. The number of hydrogen-bond acceptors (Lipinski definition) is 4. The van der Waals surface area contributed by atoms with Crippen LogP contribution in [0.5, 0.6) is 0 Å². The van der Waals surface area contributed by atoms with Crippen LogP contribution in [-0.2, 0) is 14.4 Å². The van der Waals surface area contributed by atoms with E-state index in [4.69, 9.17) is 15.9 Å². The molecule has 0 aliphatic heterocycles. The normalized spacial score (nSPS) is 11.8. The molecule has 0 fully saturated rings. The number of carboxylic acids is 2. The maximum Gasteiger partial charge on any atom is 0.305 e. The van der Waals surface area contributed by atoms with E-state index in [0.717, 1.165) is 19.3 Å². The smallest absolute Gasteiger partial charge is 0.305 e. The van der Waals surface area contributed by atoms with Gasteiger partial charge in [-0.15, -0.1) is 0 Å². The molecular weight excluding hydrogens is 240 g/mol. The third-order valence-electron chi connectivity index (χ3n) is 2.35. The number of rotatable bonds is 10. The molecule has 0 aliphatic carbocycles. The Kier molecular flexibility index (Phi) is 8.55. The van der Waals surface area contributed by atoms with Crippen LogP contribution < -0.4 is 11.1 Å². The summed E-state index contributed by atoms with van der Waals surface area (Å²) in [6.07, 6.45) is 2.75. The fourth-order valence-corrected chi connectivity index (χ4v) is 1.38. The molecule has 0 aromatic heterocycles. The number of unbranched alkanes of at least 4 members (excludes halogenated alkanes) is 3. The Labute approximate surface area is 105 Å². The van der Waals surface area contributed by atoms with Crippen LogP contribution in [0.3, 0.4) is 0 Å². The number of amides is 1. The Balaban J connectivity index is 3.45. The summed E-state index contributed by atoms with van der Waals surface area (Å²) in [5.74, 6) is -2.38. The van der Waals surface area contributed by atoms with Crippen LogP contribution in [0.2, 0.25) is 0 Å². The van der Waals surface area contributed by atoms with Gasteiger partial charge >= 0.3 is 11.9 Å². The first-order valence-corrected chi connectivity index (χ1v) is 5.90. The predicted molar refractivity (Wildman–Crippen MR) is 64.0 cm³/mol. The second kappa shape index (κ2) is 9.41. The van der Waals surface area contributed by atoms with E-state index >= 15 is 0 Å². The number of aliphatic carboxylic acids is 2. The summed E-state index contributed by atoms with van der Waals surface area (Å²) >= 11 is 0. The van der Waals surface area contributed by atoms with Crippen LogP contribution in [0.1, 0.15) is 38.5 Å². The lowest BCUT2D eigenvalue weighted by Crippen LogP contribution is -2.42. The third-order valence-corrected chi connectivity index (χ3v) is 2.35. The summed E-state index contributed by atoms with van der Waals surface area (Å²) in [5.41, 5.74) is 5.36. The highest BCUT2D eigenvalue weighted by Gasteiger charge is 2.15. The van der Waals surface area contributed by atoms with Crippen molar-refractivity contribution in [3.63, 3.8) is 0 Å². The van der Waals surface area contributed by atoms with Crippen molar-refractivity contribution in [1.29, 1.82) is 0 Å². The number of carboxylic acid groups (broad SMARTS) is 2. The summed E-state index contributed by atoms with van der Waals surface area (Å²) in [5, 5.41) is 19.4. The molecule has 18 heavy (non-hydrogen) atoms. The highest BCUT2D eigenvalue weighted by Crippen LogP contribution is 2.02. The Morgan fingerprint density at radius 2 is 1.61 bits per heavy atom. The first-order valence-electron chi connectivity index (χ1n) is 5.90. The molecule has 7 heteroatoms. The van der Waals surface area contributed by atoms with Crippen LogP contribution >= 0.6 is 0 Å². The highest BCUT2D eigenvalue weighted by molar-refractivity contribution is 5.85. The van der Waals surface area contributed by atoms with E-state index in [2.05, 4.69) is 5.32 Å². The molecule has 0 rings (SSSR count). The largest absolute Gasteiger partial charge is 0.481 e. The van der Waals surface area contributed by atoms with Gasteiger partial charge in [0.15, 0.2) is 0 Å². The molecule has 0 aromatic rings. The predicted octanol–water partition coefficient (Wildman–Crippen LogP) is -0.0603. The van der Waals surface area contributed by atoms with Gasteiger partial charge in [-0.1, -0.05) is 12.8 Å². The van der Waals surface area contributed by atoms with E-state index < -0.39 is 23.9 Å². The van der Waals surface area contributed by atoms with Gasteiger partial charge in [0.25, 0.3) is 0 Å². The van der Waals surface area contributed by atoms with Crippen LogP contribution in [0.4, 0.5) is 0 Å². The molecule has 0 aliphatic rings. The van der Waals surface area contributed by atoms with Gasteiger partial charge in [0.05, 0.1) is 12.5 Å². The molecule has 0 aromatic carbocycles. The van der Waals surface area contributed by atoms with Crippen molar-refractivity contribution in [3.8, 4) is 0 Å². The first kappa shape index (κ1) is 16.4. The molecule has 1 unspecified atom stereocenters. The van der Waals surface area contributed by atoms with E-state index in [1.165, 1.54) is 0 Å². The maximum absolute atomic E-state index is 11.3. The van der Waals surface area contributed by atoms with Gasteiger partial charge in [-0.25, -0.2) is 0 Å². The van der Waals surface area contributed by atoms with Gasteiger partial charge in [-0.05, 0) is 12.8 Å². The first-order chi connectivity index (χ1) is 8.43. The summed E-state index contributed by atoms with van der Waals surface area (Å²) in [7, 11) is 0. The Morgan fingerprint density at radius 3 is 2.17 bits per heavy atom. The Hall–Kier alpha value is -1.63. The summed E-state index contributed by atoms with van der Waals surface area (Å²) in [6.45, 7) is 0.430. The van der Waals surface area contributed by atoms with Gasteiger partial charge in [-0.3, -0.25) is 14.4 Å². The number of nitrogens with two attached hydrogens (primary N) is 1. The summed E-state index contributed by atoms with van der Waals surface area (Å²) in [6, 6.07) is -1.02. The topological polar surface area (TPSA) is 130 Å². The lowest BCUT2D eigenvalue weighted by molar-refractivity contribution is -0.139. The van der Waals surface area contributed by atoms with Gasteiger partial charge < -0.3 is 21.3 Å². The SMILES string of the molecule is NC(CC(=O)O)C(=O)NCCCCCCC(=O)O. The third kappa shape index (κ3) is 9.59. The van der Waals surface area contributed by atoms with Crippen molar-refractivity contribution in [2.75, 3.05) is 6.54 Å². The summed E-state index contributed by atoms with van der Waals surface area (Å²) < 4.78 is 0. The van der Waals surface area contributed by atoms with Crippen LogP contribution in [0, 0.1) is 0 Å². The lowest BCUT2D eigenvalue weighted by Gasteiger charge is -2.09. The van der Waals surface area contributed by atoms with Crippen molar-refractivity contribution in [2.45, 2.75) is 44.6 Å². The minimum Gasteiger partial charge on any atom is -0.481 e. The second-order valence-corrected chi connectivity index (χ2v) is 4.05. The maximum atomic E-state index is 11.3. The van der Waals surface area contributed by atoms with Crippen LogP contribution in [-0.4, -0.2) is 40.6 Å². The lowest BCUT2D eigenvalue weighted by atomic mass is 10.1. The molecule has 5 N–H and O–H groups in total. The molecule has 1 amide bonds. The summed E-state index contributed by atoms with van der Waals surface area (Å²) in [4.78, 5) is 31.8. The van der Waals surface area contributed by atoms with Crippen molar-refractivity contribution >= 4 is 17.8 Å². The monoisotopic (exact) mass is 260 g/mol. The highest BCUT2D eigenvalue weighted by atomic mass is 16.4. The van der Waals surface area contributed by atoms with Gasteiger partial charge in [0.2, 0.25) is 5.91 Å². The second-order valence-electron chi connectivity index (χ2n) is 4.05. The number of carbonyl (C=O) groups excluding carboxylic acids is 1.